The number of carboxylic acid groups (broad SMARTS) is 1. The lowest BCUT2D eigenvalue weighted by atomic mass is 10.2. The molecule has 6 nitrogen and oxygen atoms in total. The van der Waals surface area contributed by atoms with E-state index in [0.717, 1.165) is 19.3 Å². The number of hydrogen-bond acceptors (Lipinski definition) is 4. The summed E-state index contributed by atoms with van der Waals surface area (Å²) in [6.07, 6.45) is 2.48. The minimum atomic E-state index is -0.954. The zero-order valence-corrected chi connectivity index (χ0v) is 12.9. The van der Waals surface area contributed by atoms with Crippen LogP contribution in [-0.2, 0) is 4.79 Å². The molecule has 0 saturated carbocycles. The molecule has 0 radical (unpaired) electrons. The highest BCUT2D eigenvalue weighted by atomic mass is 32.2. The molecule has 2 amide bonds. The zero-order chi connectivity index (χ0) is 15.1. The minimum absolute atomic E-state index is 0.0772. The van der Waals surface area contributed by atoms with Crippen molar-refractivity contribution < 1.29 is 19.8 Å². The monoisotopic (exact) mass is 304 g/mol. The first kappa shape index (κ1) is 17.1. The Kier molecular flexibility index (Phi) is 7.15. The molecule has 0 aliphatic carbocycles. The summed E-state index contributed by atoms with van der Waals surface area (Å²) in [5.74, 6) is -0.518. The quantitative estimate of drug-likeness (QED) is 0.744. The molecule has 2 unspecified atom stereocenters. The standard InChI is InChI=1S/C13H24N2O4S/c1-3-5-11-15(10(9-20-11)12(17)18)13(19)14(6-4-2)7-8-16/h10-11,16H,3-9H2,1-2H3,(H,17,18). The van der Waals surface area contributed by atoms with Gasteiger partial charge in [-0.05, 0) is 12.8 Å². The number of aliphatic hydroxyl groups is 1. The summed E-state index contributed by atoms with van der Waals surface area (Å²) in [6, 6.07) is -1.03. The summed E-state index contributed by atoms with van der Waals surface area (Å²) >= 11 is 1.53. The number of thioether (sulfide) groups is 1. The van der Waals surface area contributed by atoms with E-state index in [1.165, 1.54) is 16.7 Å². The predicted molar refractivity (Wildman–Crippen MR) is 78.8 cm³/mol. The molecule has 0 aromatic heterocycles. The van der Waals surface area contributed by atoms with Crippen molar-refractivity contribution in [1.29, 1.82) is 0 Å². The van der Waals surface area contributed by atoms with Gasteiger partial charge in [-0.25, -0.2) is 9.59 Å². The molecule has 1 heterocycles. The van der Waals surface area contributed by atoms with Crippen LogP contribution in [0.3, 0.4) is 0 Å². The molecule has 1 rings (SSSR count). The van der Waals surface area contributed by atoms with Crippen LogP contribution >= 0.6 is 11.8 Å². The second-order valence-electron chi connectivity index (χ2n) is 4.83. The summed E-state index contributed by atoms with van der Waals surface area (Å²) in [6.45, 7) is 4.65. The molecule has 0 spiro atoms. The lowest BCUT2D eigenvalue weighted by Crippen LogP contribution is -2.52. The van der Waals surface area contributed by atoms with Crippen LogP contribution in [0.15, 0.2) is 0 Å². The number of aliphatic hydroxyl groups excluding tert-OH is 1. The third-order valence-electron chi connectivity index (χ3n) is 3.27. The van der Waals surface area contributed by atoms with E-state index in [2.05, 4.69) is 0 Å². The van der Waals surface area contributed by atoms with Gasteiger partial charge < -0.3 is 15.1 Å². The molecule has 2 atom stereocenters. The van der Waals surface area contributed by atoms with Crippen molar-refractivity contribution >= 4 is 23.8 Å². The highest BCUT2D eigenvalue weighted by Crippen LogP contribution is 2.33. The Bertz CT molecular complexity index is 334. The third kappa shape index (κ3) is 4.02. The Hall–Kier alpha value is -0.950. The van der Waals surface area contributed by atoms with E-state index in [-0.39, 0.29) is 24.6 Å². The first-order valence-corrected chi connectivity index (χ1v) is 8.14. The topological polar surface area (TPSA) is 81.1 Å². The van der Waals surface area contributed by atoms with Gasteiger partial charge in [0.25, 0.3) is 0 Å². The lowest BCUT2D eigenvalue weighted by molar-refractivity contribution is -0.141. The Morgan fingerprint density at radius 3 is 2.50 bits per heavy atom. The van der Waals surface area contributed by atoms with Gasteiger partial charge in [0.05, 0.1) is 12.0 Å². The van der Waals surface area contributed by atoms with Gasteiger partial charge in [-0.1, -0.05) is 20.3 Å². The number of urea groups is 1. The maximum absolute atomic E-state index is 12.6. The number of nitrogens with zero attached hydrogens (tertiary/aromatic N) is 2. The fourth-order valence-electron chi connectivity index (χ4n) is 2.34. The Morgan fingerprint density at radius 2 is 2.00 bits per heavy atom. The lowest BCUT2D eigenvalue weighted by Gasteiger charge is -2.33. The van der Waals surface area contributed by atoms with Crippen LogP contribution in [0.5, 0.6) is 0 Å². The van der Waals surface area contributed by atoms with E-state index in [9.17, 15) is 14.7 Å². The number of carbonyl (C=O) groups is 2. The maximum Gasteiger partial charge on any atom is 0.327 e. The van der Waals surface area contributed by atoms with Crippen LogP contribution in [0, 0.1) is 0 Å². The molecule has 1 aliphatic rings. The molecular weight excluding hydrogens is 280 g/mol. The van der Waals surface area contributed by atoms with Crippen LogP contribution in [0.1, 0.15) is 33.1 Å². The molecule has 20 heavy (non-hydrogen) atoms. The van der Waals surface area contributed by atoms with Crippen molar-refractivity contribution in [2.24, 2.45) is 0 Å². The Labute approximate surface area is 124 Å². The van der Waals surface area contributed by atoms with E-state index in [0.29, 0.717) is 12.3 Å². The number of amides is 2. The van der Waals surface area contributed by atoms with Crippen molar-refractivity contribution in [2.45, 2.75) is 44.5 Å². The number of carbonyl (C=O) groups excluding carboxylic acids is 1. The summed E-state index contributed by atoms with van der Waals surface area (Å²) < 4.78 is 0. The molecule has 7 heteroatoms. The van der Waals surface area contributed by atoms with Crippen molar-refractivity contribution in [3.63, 3.8) is 0 Å². The Balaban J connectivity index is 2.88. The number of carboxylic acids is 1. The van der Waals surface area contributed by atoms with Crippen LogP contribution in [0.25, 0.3) is 0 Å². The van der Waals surface area contributed by atoms with E-state index < -0.39 is 12.0 Å². The number of hydrogen-bond donors (Lipinski definition) is 2. The predicted octanol–water partition coefficient (Wildman–Crippen LogP) is 1.44. The van der Waals surface area contributed by atoms with Crippen LogP contribution in [0.4, 0.5) is 4.79 Å². The van der Waals surface area contributed by atoms with Crippen molar-refractivity contribution in [3.8, 4) is 0 Å². The van der Waals surface area contributed by atoms with Crippen LogP contribution < -0.4 is 0 Å². The van der Waals surface area contributed by atoms with Gasteiger partial charge in [0.1, 0.15) is 6.04 Å². The van der Waals surface area contributed by atoms with Crippen LogP contribution in [-0.4, -0.2) is 68.9 Å². The summed E-state index contributed by atoms with van der Waals surface area (Å²) in [7, 11) is 0. The zero-order valence-electron chi connectivity index (χ0n) is 12.1. The number of rotatable bonds is 7. The highest BCUT2D eigenvalue weighted by Gasteiger charge is 2.42. The van der Waals surface area contributed by atoms with Gasteiger partial charge in [0.2, 0.25) is 0 Å². The molecule has 1 saturated heterocycles. The second kappa shape index (κ2) is 8.36. The molecule has 116 valence electrons. The molecule has 2 N–H and O–H groups in total. The molecule has 1 fully saturated rings. The molecule has 0 bridgehead atoms. The Morgan fingerprint density at radius 1 is 1.30 bits per heavy atom. The normalized spacial score (nSPS) is 22.1. The van der Waals surface area contributed by atoms with Crippen molar-refractivity contribution in [2.75, 3.05) is 25.4 Å². The fraction of sp³-hybridized carbons (Fsp3) is 0.846. The van der Waals surface area contributed by atoms with Gasteiger partial charge in [0.15, 0.2) is 0 Å². The first-order chi connectivity index (χ1) is 9.56. The van der Waals surface area contributed by atoms with Gasteiger partial charge in [-0.3, -0.25) is 4.90 Å². The van der Waals surface area contributed by atoms with Crippen molar-refractivity contribution in [3.05, 3.63) is 0 Å². The second-order valence-corrected chi connectivity index (χ2v) is 6.04. The minimum Gasteiger partial charge on any atom is -0.480 e. The van der Waals surface area contributed by atoms with Gasteiger partial charge in [-0.15, -0.1) is 11.8 Å². The summed E-state index contributed by atoms with van der Waals surface area (Å²) in [5.41, 5.74) is 0. The largest absolute Gasteiger partial charge is 0.480 e. The summed E-state index contributed by atoms with van der Waals surface area (Å²) in [5, 5.41) is 18.3. The van der Waals surface area contributed by atoms with Gasteiger partial charge in [-0.2, -0.15) is 0 Å². The SMILES string of the molecule is CCCC1SCC(C(=O)O)N1C(=O)N(CCC)CCO. The van der Waals surface area contributed by atoms with Gasteiger partial charge in [0, 0.05) is 18.8 Å². The highest BCUT2D eigenvalue weighted by molar-refractivity contribution is 8.00. The number of aliphatic carboxylic acids is 1. The molecule has 0 aromatic rings. The average Bonchev–Trinajstić information content (AvgIpc) is 2.82. The van der Waals surface area contributed by atoms with E-state index in [1.807, 2.05) is 13.8 Å². The van der Waals surface area contributed by atoms with Gasteiger partial charge >= 0.3 is 12.0 Å². The molecule has 0 aromatic carbocycles. The van der Waals surface area contributed by atoms with E-state index in [1.54, 1.807) is 4.90 Å². The average molecular weight is 304 g/mol. The molecular formula is C13H24N2O4S. The van der Waals surface area contributed by atoms with E-state index >= 15 is 0 Å². The fourth-order valence-corrected chi connectivity index (χ4v) is 3.84. The van der Waals surface area contributed by atoms with E-state index in [4.69, 9.17) is 5.11 Å². The van der Waals surface area contributed by atoms with Crippen molar-refractivity contribution in [1.82, 2.24) is 9.80 Å². The maximum atomic E-state index is 12.6. The van der Waals surface area contributed by atoms with Crippen LogP contribution in [0.2, 0.25) is 0 Å². The third-order valence-corrected chi connectivity index (χ3v) is 4.62. The molecule has 1 aliphatic heterocycles. The summed E-state index contributed by atoms with van der Waals surface area (Å²) in [4.78, 5) is 27.0. The first-order valence-electron chi connectivity index (χ1n) is 7.09. The smallest absolute Gasteiger partial charge is 0.327 e.